The first-order valence-electron chi connectivity index (χ1n) is 10.5. The molecule has 2 N–H and O–H groups in total. The van der Waals surface area contributed by atoms with Crippen molar-refractivity contribution in [1.82, 2.24) is 5.32 Å². The van der Waals surface area contributed by atoms with Gasteiger partial charge in [0, 0.05) is 24.5 Å². The van der Waals surface area contributed by atoms with Crippen molar-refractivity contribution in [1.29, 1.82) is 0 Å². The predicted octanol–water partition coefficient (Wildman–Crippen LogP) is 2.31. The molecule has 2 aromatic rings. The SMILES string of the molecule is CC[C@H](NC(C)=O)[C@H]1c2cc(OC)c(OC)cc2CC[NH+]1Cc1ccc(OC)cc1. The summed E-state index contributed by atoms with van der Waals surface area (Å²) >= 11 is 0. The smallest absolute Gasteiger partial charge is 0.217 e. The fourth-order valence-electron chi connectivity index (χ4n) is 4.50. The van der Waals surface area contributed by atoms with Crippen LogP contribution < -0.4 is 24.4 Å². The van der Waals surface area contributed by atoms with Crippen LogP contribution in [-0.2, 0) is 17.8 Å². The molecule has 0 saturated carbocycles. The highest BCUT2D eigenvalue weighted by molar-refractivity contribution is 5.73. The van der Waals surface area contributed by atoms with Crippen LogP contribution in [0.4, 0.5) is 0 Å². The van der Waals surface area contributed by atoms with E-state index >= 15 is 0 Å². The Kier molecular flexibility index (Phi) is 7.21. The van der Waals surface area contributed by atoms with Crippen LogP contribution in [0.3, 0.4) is 0 Å². The monoisotopic (exact) mass is 413 g/mol. The Balaban J connectivity index is 2.00. The quantitative estimate of drug-likeness (QED) is 0.697. The van der Waals surface area contributed by atoms with E-state index < -0.39 is 0 Å². The number of nitrogens with one attached hydrogen (secondary N) is 2. The molecule has 30 heavy (non-hydrogen) atoms. The molecule has 1 aliphatic rings. The van der Waals surface area contributed by atoms with Crippen LogP contribution in [0.1, 0.15) is 43.0 Å². The summed E-state index contributed by atoms with van der Waals surface area (Å²) in [4.78, 5) is 13.4. The molecule has 1 unspecified atom stereocenters. The molecule has 0 bridgehead atoms. The zero-order valence-corrected chi connectivity index (χ0v) is 18.6. The Morgan fingerprint density at radius 3 is 2.33 bits per heavy atom. The summed E-state index contributed by atoms with van der Waals surface area (Å²) in [6.07, 6.45) is 1.80. The van der Waals surface area contributed by atoms with Crippen molar-refractivity contribution in [2.24, 2.45) is 0 Å². The minimum Gasteiger partial charge on any atom is -0.497 e. The molecule has 3 atom stereocenters. The van der Waals surface area contributed by atoms with E-state index in [2.05, 4.69) is 36.5 Å². The number of rotatable bonds is 8. The fourth-order valence-corrected chi connectivity index (χ4v) is 4.50. The summed E-state index contributed by atoms with van der Waals surface area (Å²) in [5, 5.41) is 3.19. The van der Waals surface area contributed by atoms with Gasteiger partial charge in [0.15, 0.2) is 11.5 Å². The molecule has 2 aromatic carbocycles. The van der Waals surface area contributed by atoms with Crippen LogP contribution in [0.25, 0.3) is 0 Å². The molecule has 162 valence electrons. The number of amides is 1. The molecule has 6 nitrogen and oxygen atoms in total. The number of ether oxygens (including phenoxy) is 3. The zero-order chi connectivity index (χ0) is 21.7. The molecule has 1 heterocycles. The first-order valence-corrected chi connectivity index (χ1v) is 10.5. The van der Waals surface area contributed by atoms with Crippen molar-refractivity contribution in [2.75, 3.05) is 27.9 Å². The molecule has 0 fully saturated rings. The van der Waals surface area contributed by atoms with Gasteiger partial charge in [-0.3, -0.25) is 4.79 Å². The first-order chi connectivity index (χ1) is 14.5. The lowest BCUT2D eigenvalue weighted by atomic mass is 9.86. The maximum Gasteiger partial charge on any atom is 0.217 e. The Bertz CT molecular complexity index is 866. The largest absolute Gasteiger partial charge is 0.497 e. The summed E-state index contributed by atoms with van der Waals surface area (Å²) in [7, 11) is 5.01. The maximum atomic E-state index is 11.9. The normalized spacial score (nSPS) is 18.8. The third-order valence-corrected chi connectivity index (χ3v) is 5.96. The fraction of sp³-hybridized carbons (Fsp3) is 0.458. The van der Waals surface area contributed by atoms with Gasteiger partial charge in [-0.2, -0.15) is 0 Å². The molecule has 0 spiro atoms. The average molecular weight is 414 g/mol. The van der Waals surface area contributed by atoms with E-state index in [0.717, 1.165) is 43.2 Å². The van der Waals surface area contributed by atoms with E-state index in [1.807, 2.05) is 12.1 Å². The van der Waals surface area contributed by atoms with E-state index in [1.165, 1.54) is 21.6 Å². The topological polar surface area (TPSA) is 61.2 Å². The highest BCUT2D eigenvalue weighted by Crippen LogP contribution is 2.35. The summed E-state index contributed by atoms with van der Waals surface area (Å²) in [5.41, 5.74) is 3.74. The summed E-state index contributed by atoms with van der Waals surface area (Å²) in [5.74, 6) is 2.33. The lowest BCUT2D eigenvalue weighted by Crippen LogP contribution is -3.13. The van der Waals surface area contributed by atoms with Crippen molar-refractivity contribution in [3.63, 3.8) is 0 Å². The molecule has 6 heteroatoms. The van der Waals surface area contributed by atoms with Gasteiger partial charge < -0.3 is 24.4 Å². The molecule has 0 aromatic heterocycles. The lowest BCUT2D eigenvalue weighted by molar-refractivity contribution is -0.948. The number of hydrogen-bond acceptors (Lipinski definition) is 4. The van der Waals surface area contributed by atoms with Gasteiger partial charge in [0.05, 0.1) is 33.9 Å². The minimum absolute atomic E-state index is 0.00162. The van der Waals surface area contributed by atoms with Crippen LogP contribution in [-0.4, -0.2) is 39.8 Å². The Morgan fingerprint density at radius 2 is 1.77 bits per heavy atom. The number of quaternary nitrogens is 1. The lowest BCUT2D eigenvalue weighted by Gasteiger charge is -2.39. The van der Waals surface area contributed by atoms with E-state index in [9.17, 15) is 4.79 Å². The number of carbonyl (C=O) groups is 1. The average Bonchev–Trinajstić information content (AvgIpc) is 2.77. The molecule has 1 amide bonds. The van der Waals surface area contributed by atoms with E-state index in [0.29, 0.717) is 0 Å². The summed E-state index contributed by atoms with van der Waals surface area (Å²) in [6.45, 7) is 5.57. The van der Waals surface area contributed by atoms with Crippen molar-refractivity contribution < 1.29 is 23.9 Å². The second-order valence-electron chi connectivity index (χ2n) is 7.78. The van der Waals surface area contributed by atoms with Crippen LogP contribution in [0.2, 0.25) is 0 Å². The zero-order valence-electron chi connectivity index (χ0n) is 18.6. The maximum absolute atomic E-state index is 11.9. The van der Waals surface area contributed by atoms with Gasteiger partial charge >= 0.3 is 0 Å². The first kappa shape index (κ1) is 22.0. The van der Waals surface area contributed by atoms with Crippen LogP contribution in [0, 0.1) is 0 Å². The molecule has 0 aliphatic carbocycles. The van der Waals surface area contributed by atoms with Gasteiger partial charge in [-0.15, -0.1) is 0 Å². The number of fused-ring (bicyclic) bond motifs is 1. The second kappa shape index (κ2) is 9.85. The van der Waals surface area contributed by atoms with Crippen molar-refractivity contribution >= 4 is 5.91 Å². The number of methoxy groups -OCH3 is 3. The van der Waals surface area contributed by atoms with Crippen LogP contribution in [0.5, 0.6) is 17.2 Å². The van der Waals surface area contributed by atoms with Gasteiger partial charge in [-0.1, -0.05) is 6.92 Å². The van der Waals surface area contributed by atoms with Crippen LogP contribution in [0.15, 0.2) is 36.4 Å². The van der Waals surface area contributed by atoms with Gasteiger partial charge in [-0.05, 0) is 48.4 Å². The highest BCUT2D eigenvalue weighted by Gasteiger charge is 2.38. The molecule has 0 saturated heterocycles. The van der Waals surface area contributed by atoms with E-state index in [1.54, 1.807) is 28.3 Å². The highest BCUT2D eigenvalue weighted by atomic mass is 16.5. The van der Waals surface area contributed by atoms with E-state index in [4.69, 9.17) is 14.2 Å². The Labute approximate surface area is 179 Å². The summed E-state index contributed by atoms with van der Waals surface area (Å²) < 4.78 is 16.4. The minimum atomic E-state index is -0.00162. The van der Waals surface area contributed by atoms with Gasteiger partial charge in [-0.25, -0.2) is 0 Å². The third kappa shape index (κ3) is 4.70. The van der Waals surface area contributed by atoms with E-state index in [-0.39, 0.29) is 18.0 Å². The Morgan fingerprint density at radius 1 is 1.10 bits per heavy atom. The van der Waals surface area contributed by atoms with Gasteiger partial charge in [0.1, 0.15) is 18.3 Å². The Hall–Kier alpha value is -2.73. The number of benzene rings is 2. The number of carbonyl (C=O) groups excluding carboxylic acids is 1. The standard InChI is InChI=1S/C24H32N2O4/c1-6-21(25-16(2)27)24-20-14-23(30-5)22(29-4)13-18(20)11-12-26(24)15-17-7-9-19(28-3)10-8-17/h7-10,13-14,21,24H,6,11-12,15H2,1-5H3,(H,25,27)/p+1/t21-,24+/m0/s1. The molecular weight excluding hydrogens is 380 g/mol. The van der Waals surface area contributed by atoms with Crippen molar-refractivity contribution in [3.8, 4) is 17.2 Å². The number of hydrogen-bond donors (Lipinski definition) is 2. The molecule has 3 rings (SSSR count). The molecule has 1 aliphatic heterocycles. The molecule has 0 radical (unpaired) electrons. The van der Waals surface area contributed by atoms with Gasteiger partial charge in [0.25, 0.3) is 0 Å². The molecular formula is C24H33N2O4+. The van der Waals surface area contributed by atoms with Crippen molar-refractivity contribution in [3.05, 3.63) is 53.1 Å². The predicted molar refractivity (Wildman–Crippen MR) is 116 cm³/mol. The van der Waals surface area contributed by atoms with Crippen LogP contribution >= 0.6 is 0 Å². The van der Waals surface area contributed by atoms with Gasteiger partial charge in [0.2, 0.25) is 5.91 Å². The summed E-state index contributed by atoms with van der Waals surface area (Å²) in [6, 6.07) is 12.6. The van der Waals surface area contributed by atoms with Crippen molar-refractivity contribution in [2.45, 2.75) is 45.3 Å². The second-order valence-corrected chi connectivity index (χ2v) is 7.78. The third-order valence-electron chi connectivity index (χ3n) is 5.96.